The Morgan fingerprint density at radius 2 is 2.31 bits per heavy atom. The molecule has 0 N–H and O–H groups in total. The maximum Gasteiger partial charge on any atom is 0.0949 e. The Bertz CT molecular complexity index is 450. The minimum atomic E-state index is 0.945. The minimum Gasteiger partial charge on any atom is -0.240 e. The van der Waals surface area contributed by atoms with Crippen molar-refractivity contribution in [1.29, 1.82) is 0 Å². The van der Waals surface area contributed by atoms with Crippen LogP contribution >= 0.6 is 39.9 Å². The molecule has 1 heterocycles. The van der Waals surface area contributed by atoms with Crippen molar-refractivity contribution in [2.45, 2.75) is 18.2 Å². The van der Waals surface area contributed by atoms with Crippen molar-refractivity contribution < 1.29 is 0 Å². The number of hydrogen-bond acceptors (Lipinski definition) is 3. The zero-order valence-corrected chi connectivity index (χ0v) is 10.3. The maximum absolute atomic E-state index is 4.49. The first-order valence-electron chi connectivity index (χ1n) is 3.98. The number of benzene rings is 1. The fraction of sp³-hybridized carbons (Fsp3) is 0.222. The van der Waals surface area contributed by atoms with Gasteiger partial charge in [-0.25, -0.2) is 4.98 Å². The lowest BCUT2D eigenvalue weighted by atomic mass is 10.3. The lowest BCUT2D eigenvalue weighted by Crippen LogP contribution is -1.76. The van der Waals surface area contributed by atoms with Crippen LogP contribution in [0.15, 0.2) is 21.5 Å². The lowest BCUT2D eigenvalue weighted by molar-refractivity contribution is 1.10. The molecule has 13 heavy (non-hydrogen) atoms. The molecule has 4 heteroatoms. The van der Waals surface area contributed by atoms with Gasteiger partial charge in [0.2, 0.25) is 0 Å². The van der Waals surface area contributed by atoms with Gasteiger partial charge >= 0.3 is 0 Å². The van der Waals surface area contributed by atoms with Gasteiger partial charge in [-0.3, -0.25) is 0 Å². The molecule has 0 aliphatic rings. The van der Waals surface area contributed by atoms with E-state index in [0.717, 1.165) is 21.3 Å². The Morgan fingerprint density at radius 1 is 1.54 bits per heavy atom. The summed E-state index contributed by atoms with van der Waals surface area (Å²) in [5.41, 5.74) is 1.02. The third-order valence-electron chi connectivity index (χ3n) is 1.79. The highest BCUT2D eigenvalue weighted by atomic mass is 79.9. The third kappa shape index (κ3) is 1.75. The quantitative estimate of drug-likeness (QED) is 0.778. The van der Waals surface area contributed by atoms with Crippen molar-refractivity contribution in [3.8, 4) is 0 Å². The van der Waals surface area contributed by atoms with Crippen molar-refractivity contribution in [2.24, 2.45) is 0 Å². The average molecular weight is 274 g/mol. The molecule has 0 atom stereocenters. The standard InChI is InChI=1S/C9H8BrNS2/c1-2-8-11-9-6(12)3-5(10)4-7(9)13-8/h3-4,12H,2H2,1H3. The number of nitrogens with zero attached hydrogens (tertiary/aromatic N) is 1. The minimum absolute atomic E-state index is 0.945. The topological polar surface area (TPSA) is 12.9 Å². The van der Waals surface area contributed by atoms with Gasteiger partial charge in [-0.15, -0.1) is 24.0 Å². The van der Waals surface area contributed by atoms with Gasteiger partial charge < -0.3 is 0 Å². The van der Waals surface area contributed by atoms with E-state index in [9.17, 15) is 0 Å². The molecule has 1 aromatic heterocycles. The van der Waals surface area contributed by atoms with Gasteiger partial charge in [-0.1, -0.05) is 22.9 Å². The van der Waals surface area contributed by atoms with Crippen LogP contribution in [-0.4, -0.2) is 4.98 Å². The van der Waals surface area contributed by atoms with Crippen LogP contribution in [0.25, 0.3) is 10.2 Å². The van der Waals surface area contributed by atoms with Crippen LogP contribution in [0.3, 0.4) is 0 Å². The first-order valence-corrected chi connectivity index (χ1v) is 6.04. The van der Waals surface area contributed by atoms with Gasteiger partial charge in [0.15, 0.2) is 0 Å². The first kappa shape index (κ1) is 9.49. The molecule has 1 nitrogen and oxygen atoms in total. The molecule has 1 aromatic carbocycles. The second kappa shape index (κ2) is 3.59. The summed E-state index contributed by atoms with van der Waals surface area (Å²) in [5, 5.41) is 1.17. The molecule has 0 radical (unpaired) electrons. The highest BCUT2D eigenvalue weighted by Gasteiger charge is 2.06. The van der Waals surface area contributed by atoms with E-state index in [2.05, 4.69) is 46.5 Å². The van der Waals surface area contributed by atoms with Crippen LogP contribution in [0.4, 0.5) is 0 Å². The molecular weight excluding hydrogens is 266 g/mol. The lowest BCUT2D eigenvalue weighted by Gasteiger charge is -1.93. The van der Waals surface area contributed by atoms with Crippen LogP contribution in [0.5, 0.6) is 0 Å². The molecule has 0 saturated heterocycles. The van der Waals surface area contributed by atoms with E-state index in [-0.39, 0.29) is 0 Å². The number of fused-ring (bicyclic) bond motifs is 1. The molecule has 68 valence electrons. The molecule has 0 aliphatic carbocycles. The van der Waals surface area contributed by atoms with E-state index in [0.29, 0.717) is 0 Å². The summed E-state index contributed by atoms with van der Waals surface area (Å²) in [7, 11) is 0. The normalized spacial score (nSPS) is 11.0. The summed E-state index contributed by atoms with van der Waals surface area (Å²) in [4.78, 5) is 5.44. The molecule has 0 bridgehead atoms. The highest BCUT2D eigenvalue weighted by molar-refractivity contribution is 9.10. The fourth-order valence-corrected chi connectivity index (χ4v) is 3.32. The molecule has 0 fully saturated rings. The zero-order chi connectivity index (χ0) is 9.42. The molecule has 2 rings (SSSR count). The van der Waals surface area contributed by atoms with Crippen LogP contribution in [0.1, 0.15) is 11.9 Å². The number of aromatic nitrogens is 1. The maximum atomic E-state index is 4.49. The van der Waals surface area contributed by atoms with Crippen molar-refractivity contribution >= 4 is 50.1 Å². The van der Waals surface area contributed by atoms with Crippen LogP contribution in [0.2, 0.25) is 0 Å². The van der Waals surface area contributed by atoms with E-state index in [1.807, 2.05) is 6.07 Å². The van der Waals surface area contributed by atoms with E-state index in [1.165, 1.54) is 9.71 Å². The van der Waals surface area contributed by atoms with Gasteiger partial charge in [0.25, 0.3) is 0 Å². The number of hydrogen-bond donors (Lipinski definition) is 1. The van der Waals surface area contributed by atoms with E-state index in [4.69, 9.17) is 0 Å². The molecule has 2 aromatic rings. The largest absolute Gasteiger partial charge is 0.240 e. The molecule has 0 amide bonds. The second-order valence-corrected chi connectivity index (χ2v) is 5.25. The molecule has 0 spiro atoms. The van der Waals surface area contributed by atoms with E-state index >= 15 is 0 Å². The van der Waals surface area contributed by atoms with Gasteiger partial charge in [0, 0.05) is 9.37 Å². The third-order valence-corrected chi connectivity index (χ3v) is 3.73. The summed E-state index contributed by atoms with van der Waals surface area (Å²) in [6.07, 6.45) is 0.990. The van der Waals surface area contributed by atoms with Crippen molar-refractivity contribution in [3.63, 3.8) is 0 Å². The summed E-state index contributed by atoms with van der Waals surface area (Å²) in [6.45, 7) is 2.12. The molecule has 0 saturated carbocycles. The van der Waals surface area contributed by atoms with Crippen LogP contribution in [0, 0.1) is 0 Å². The van der Waals surface area contributed by atoms with E-state index in [1.54, 1.807) is 11.3 Å². The number of rotatable bonds is 1. The van der Waals surface area contributed by atoms with Crippen molar-refractivity contribution in [1.82, 2.24) is 4.98 Å². The molecular formula is C9H8BrNS2. The van der Waals surface area contributed by atoms with Gasteiger partial charge in [-0.2, -0.15) is 0 Å². The second-order valence-electron chi connectivity index (χ2n) is 2.73. The molecule has 0 aliphatic heterocycles. The van der Waals surface area contributed by atoms with Crippen LogP contribution < -0.4 is 0 Å². The van der Waals surface area contributed by atoms with Gasteiger partial charge in [0.05, 0.1) is 15.2 Å². The Hall–Kier alpha value is -0.0600. The number of halogens is 1. The number of thiol groups is 1. The Kier molecular flexibility index (Phi) is 2.62. The fourth-order valence-electron chi connectivity index (χ4n) is 1.18. The smallest absolute Gasteiger partial charge is 0.0949 e. The summed E-state index contributed by atoms with van der Waals surface area (Å²) < 4.78 is 2.27. The molecule has 0 unspecified atom stereocenters. The van der Waals surface area contributed by atoms with Crippen molar-refractivity contribution in [2.75, 3.05) is 0 Å². The van der Waals surface area contributed by atoms with Crippen LogP contribution in [-0.2, 0) is 6.42 Å². The Morgan fingerprint density at radius 3 is 3.00 bits per heavy atom. The van der Waals surface area contributed by atoms with E-state index < -0.39 is 0 Å². The monoisotopic (exact) mass is 273 g/mol. The number of aryl methyl sites for hydroxylation is 1. The highest BCUT2D eigenvalue weighted by Crippen LogP contribution is 2.30. The average Bonchev–Trinajstić information content (AvgIpc) is 2.47. The zero-order valence-electron chi connectivity index (χ0n) is 7.04. The Labute approximate surface area is 94.7 Å². The Balaban J connectivity index is 2.75. The van der Waals surface area contributed by atoms with Crippen molar-refractivity contribution in [3.05, 3.63) is 21.6 Å². The summed E-state index contributed by atoms with van der Waals surface area (Å²) >= 11 is 9.57. The van der Waals surface area contributed by atoms with Gasteiger partial charge in [-0.05, 0) is 18.6 Å². The summed E-state index contributed by atoms with van der Waals surface area (Å²) in [5.74, 6) is 0. The number of thiazole rings is 1. The van der Waals surface area contributed by atoms with Gasteiger partial charge in [0.1, 0.15) is 0 Å². The predicted octanol–water partition coefficient (Wildman–Crippen LogP) is 3.91. The summed E-state index contributed by atoms with van der Waals surface area (Å²) in [6, 6.07) is 4.07. The first-order chi connectivity index (χ1) is 6.20. The SMILES string of the molecule is CCc1nc2c(S)cc(Br)cc2s1. The predicted molar refractivity (Wildman–Crippen MR) is 64.0 cm³/mol.